The molecule has 4 rings (SSSR count). The fourth-order valence-corrected chi connectivity index (χ4v) is 4.05. The van der Waals surface area contributed by atoms with Crippen molar-refractivity contribution in [2.75, 3.05) is 46.4 Å². The lowest BCUT2D eigenvalue weighted by Crippen LogP contribution is -3.15. The van der Waals surface area contributed by atoms with Gasteiger partial charge in [0.1, 0.15) is 24.7 Å². The van der Waals surface area contributed by atoms with Crippen molar-refractivity contribution >= 4 is 17.8 Å². The molecule has 3 aromatic rings. The van der Waals surface area contributed by atoms with Crippen molar-refractivity contribution in [3.63, 3.8) is 0 Å². The van der Waals surface area contributed by atoms with E-state index in [0.717, 1.165) is 49.8 Å². The molecule has 1 fully saturated rings. The molecule has 1 saturated heterocycles. The summed E-state index contributed by atoms with van der Waals surface area (Å²) < 4.78 is 11.1. The predicted molar refractivity (Wildman–Crippen MR) is 136 cm³/mol. The lowest BCUT2D eigenvalue weighted by molar-refractivity contribution is -0.903. The number of allylic oxidation sites excluding steroid dienone is 1. The van der Waals surface area contributed by atoms with Gasteiger partial charge in [0.05, 0.1) is 33.3 Å². The molecule has 0 unspecified atom stereocenters. The number of nitrogens with zero attached hydrogens (tertiary/aromatic N) is 1. The van der Waals surface area contributed by atoms with Crippen LogP contribution in [0.2, 0.25) is 0 Å². The number of piperazine rings is 1. The van der Waals surface area contributed by atoms with Crippen LogP contribution in [-0.4, -0.2) is 63.0 Å². The summed E-state index contributed by atoms with van der Waals surface area (Å²) in [6.07, 6.45) is 3.41. The maximum atomic E-state index is 12.7. The molecule has 1 aliphatic heterocycles. The van der Waals surface area contributed by atoms with Gasteiger partial charge in [0.15, 0.2) is 5.78 Å². The highest BCUT2D eigenvalue weighted by molar-refractivity contribution is 6.06. The van der Waals surface area contributed by atoms with Gasteiger partial charge in [-0.2, -0.15) is 0 Å². The first-order valence-electron chi connectivity index (χ1n) is 11.9. The topological polar surface area (TPSA) is 60.3 Å². The summed E-state index contributed by atoms with van der Waals surface area (Å²) in [5.74, 6) is 1.62. The molecular weight excluding hydrogens is 440 g/mol. The minimum Gasteiger partial charge on any atom is -0.497 e. The van der Waals surface area contributed by atoms with Gasteiger partial charge in [-0.05, 0) is 48.0 Å². The van der Waals surface area contributed by atoms with Crippen LogP contribution in [0.3, 0.4) is 0 Å². The Morgan fingerprint density at radius 2 is 1.51 bits per heavy atom. The average Bonchev–Trinajstić information content (AvgIpc) is 2.93. The third-order valence-corrected chi connectivity index (χ3v) is 6.18. The van der Waals surface area contributed by atoms with Crippen molar-refractivity contribution in [1.29, 1.82) is 0 Å². The molecule has 0 aromatic heterocycles. The maximum absolute atomic E-state index is 12.7. The quantitative estimate of drug-likeness (QED) is 0.385. The number of ether oxygens (including phenoxy) is 2. The number of hydrogen-bond donors (Lipinski definition) is 1. The Hall–Kier alpha value is -3.90. The van der Waals surface area contributed by atoms with E-state index in [1.807, 2.05) is 89.8 Å². The van der Waals surface area contributed by atoms with E-state index in [4.69, 9.17) is 9.47 Å². The van der Waals surface area contributed by atoms with Crippen molar-refractivity contribution in [3.05, 3.63) is 102 Å². The summed E-state index contributed by atoms with van der Waals surface area (Å²) in [5, 5.41) is 0. The number of carbonyl (C=O) groups is 2. The Morgan fingerprint density at radius 1 is 0.857 bits per heavy atom. The van der Waals surface area contributed by atoms with Gasteiger partial charge < -0.3 is 19.3 Å². The Bertz CT molecular complexity index is 1130. The van der Waals surface area contributed by atoms with Crippen molar-refractivity contribution < 1.29 is 24.0 Å². The van der Waals surface area contributed by atoms with Crippen LogP contribution in [0.15, 0.2) is 84.9 Å². The SMILES string of the molecule is COc1ccc(C(=O)N2CC[NH+](CCOc3ccc(/C=C\C(=O)c4ccccc4)cc3)CC2)cc1. The zero-order valence-corrected chi connectivity index (χ0v) is 20.0. The van der Waals surface area contributed by atoms with Crippen LogP contribution in [0.5, 0.6) is 11.5 Å². The van der Waals surface area contributed by atoms with Crippen LogP contribution < -0.4 is 14.4 Å². The van der Waals surface area contributed by atoms with Gasteiger partial charge in [-0.15, -0.1) is 0 Å². The average molecular weight is 472 g/mol. The molecule has 6 heteroatoms. The third-order valence-electron chi connectivity index (χ3n) is 6.18. The van der Waals surface area contributed by atoms with Crippen LogP contribution in [0, 0.1) is 0 Å². The number of rotatable bonds is 9. The van der Waals surface area contributed by atoms with Crippen molar-refractivity contribution in [2.24, 2.45) is 0 Å². The summed E-state index contributed by atoms with van der Waals surface area (Å²) in [6, 6.07) is 24.2. The number of benzene rings is 3. The molecule has 0 atom stereocenters. The number of amides is 1. The summed E-state index contributed by atoms with van der Waals surface area (Å²) in [5.41, 5.74) is 2.32. The van der Waals surface area contributed by atoms with Crippen LogP contribution in [0.25, 0.3) is 6.08 Å². The molecule has 0 aliphatic carbocycles. The van der Waals surface area contributed by atoms with Gasteiger partial charge in [0.25, 0.3) is 5.91 Å². The highest BCUT2D eigenvalue weighted by Crippen LogP contribution is 2.14. The Labute approximate surface area is 206 Å². The van der Waals surface area contributed by atoms with Gasteiger partial charge in [-0.1, -0.05) is 48.5 Å². The lowest BCUT2D eigenvalue weighted by atomic mass is 10.1. The van der Waals surface area contributed by atoms with Gasteiger partial charge in [0, 0.05) is 11.1 Å². The lowest BCUT2D eigenvalue weighted by Gasteiger charge is -2.32. The molecule has 0 bridgehead atoms. The molecule has 0 saturated carbocycles. The second-order valence-corrected chi connectivity index (χ2v) is 8.50. The van der Waals surface area contributed by atoms with E-state index in [1.54, 1.807) is 13.2 Å². The monoisotopic (exact) mass is 471 g/mol. The number of ketones is 1. The molecule has 1 aliphatic rings. The van der Waals surface area contributed by atoms with E-state index in [-0.39, 0.29) is 11.7 Å². The van der Waals surface area contributed by atoms with E-state index in [2.05, 4.69) is 0 Å². The second kappa shape index (κ2) is 12.0. The van der Waals surface area contributed by atoms with Gasteiger partial charge in [-0.3, -0.25) is 9.59 Å². The highest BCUT2D eigenvalue weighted by atomic mass is 16.5. The largest absolute Gasteiger partial charge is 0.497 e. The molecule has 6 nitrogen and oxygen atoms in total. The minimum atomic E-state index is -0.0142. The number of quaternary nitrogens is 1. The molecule has 180 valence electrons. The maximum Gasteiger partial charge on any atom is 0.254 e. The van der Waals surface area contributed by atoms with E-state index in [9.17, 15) is 9.59 Å². The first-order valence-corrected chi connectivity index (χ1v) is 11.9. The molecule has 0 radical (unpaired) electrons. The van der Waals surface area contributed by atoms with Crippen LogP contribution >= 0.6 is 0 Å². The predicted octanol–water partition coefficient (Wildman–Crippen LogP) is 3.01. The van der Waals surface area contributed by atoms with Crippen LogP contribution in [-0.2, 0) is 0 Å². The Morgan fingerprint density at radius 3 is 2.17 bits per heavy atom. The minimum absolute atomic E-state index is 0.0142. The van der Waals surface area contributed by atoms with Crippen molar-refractivity contribution in [1.82, 2.24) is 4.90 Å². The summed E-state index contributed by atoms with van der Waals surface area (Å²) in [4.78, 5) is 28.3. The zero-order valence-electron chi connectivity index (χ0n) is 20.0. The summed E-state index contributed by atoms with van der Waals surface area (Å²) in [6.45, 7) is 4.79. The third kappa shape index (κ3) is 6.80. The van der Waals surface area contributed by atoms with Crippen molar-refractivity contribution in [3.8, 4) is 11.5 Å². The van der Waals surface area contributed by atoms with Gasteiger partial charge in [0.2, 0.25) is 0 Å². The molecule has 35 heavy (non-hydrogen) atoms. The van der Waals surface area contributed by atoms with E-state index in [1.165, 1.54) is 4.90 Å². The van der Waals surface area contributed by atoms with Crippen molar-refractivity contribution in [2.45, 2.75) is 0 Å². The second-order valence-electron chi connectivity index (χ2n) is 8.50. The van der Waals surface area contributed by atoms with E-state index < -0.39 is 0 Å². The zero-order chi connectivity index (χ0) is 24.5. The number of nitrogens with one attached hydrogen (secondary N) is 1. The first kappa shape index (κ1) is 24.2. The number of methoxy groups -OCH3 is 1. The van der Waals surface area contributed by atoms with Crippen LogP contribution in [0.1, 0.15) is 26.3 Å². The molecule has 1 amide bonds. The molecule has 1 N–H and O–H groups in total. The molecular formula is C29H31N2O4+. The standard InChI is InChI=1S/C29H30N2O4/c1-34-26-14-10-25(11-15-26)29(33)31-19-17-30(18-20-31)21-22-35-27-12-7-23(8-13-27)9-16-28(32)24-5-3-2-4-6-24/h2-16H,17-22H2,1H3/p+1/b16-9-. The highest BCUT2D eigenvalue weighted by Gasteiger charge is 2.24. The fraction of sp³-hybridized carbons (Fsp3) is 0.241. The first-order chi connectivity index (χ1) is 17.1. The molecule has 3 aromatic carbocycles. The van der Waals surface area contributed by atoms with E-state index >= 15 is 0 Å². The van der Waals surface area contributed by atoms with Gasteiger partial charge in [-0.25, -0.2) is 0 Å². The number of carbonyl (C=O) groups excluding carboxylic acids is 2. The smallest absolute Gasteiger partial charge is 0.254 e. The number of hydrogen-bond acceptors (Lipinski definition) is 4. The fourth-order valence-electron chi connectivity index (χ4n) is 4.05. The Balaban J connectivity index is 1.17. The summed E-state index contributed by atoms with van der Waals surface area (Å²) in [7, 11) is 1.62. The van der Waals surface area contributed by atoms with Gasteiger partial charge >= 0.3 is 0 Å². The van der Waals surface area contributed by atoms with E-state index in [0.29, 0.717) is 17.7 Å². The molecule has 0 spiro atoms. The normalized spacial score (nSPS) is 14.1. The molecule has 1 heterocycles. The summed E-state index contributed by atoms with van der Waals surface area (Å²) >= 11 is 0. The van der Waals surface area contributed by atoms with Crippen LogP contribution in [0.4, 0.5) is 0 Å². The Kier molecular flexibility index (Phi) is 8.30.